The standard InChI is InChI=1S/C31H39N3O6/c1-20(32-30(38)24-17-34(3)18-24)27(35)16-23(14-22-10-12-25(39-4)13-11-22)29(37)33-26(28(36)31(2)19-40-31)15-21-8-6-5-7-9-21/h5-13,20,23-24,26H,14-19H2,1-4H3,(H,32,38)(H,33,37). The average Bonchev–Trinajstić information content (AvgIpc) is 3.69. The van der Waals surface area contributed by atoms with Crippen molar-refractivity contribution in [1.29, 1.82) is 0 Å². The molecule has 9 nitrogen and oxygen atoms in total. The van der Waals surface area contributed by atoms with Gasteiger partial charge in [-0.2, -0.15) is 0 Å². The van der Waals surface area contributed by atoms with Gasteiger partial charge in [0.25, 0.3) is 0 Å². The Morgan fingerprint density at radius 2 is 1.62 bits per heavy atom. The monoisotopic (exact) mass is 549 g/mol. The number of ketones is 2. The van der Waals surface area contributed by atoms with Crippen LogP contribution in [-0.2, 0) is 36.8 Å². The Morgan fingerprint density at radius 1 is 1.00 bits per heavy atom. The molecule has 0 spiro atoms. The Kier molecular flexibility index (Phi) is 9.37. The Bertz CT molecular complexity index is 1210. The number of carbonyl (C=O) groups excluding carboxylic acids is 4. The van der Waals surface area contributed by atoms with Gasteiger partial charge in [0.05, 0.1) is 31.7 Å². The number of carbonyl (C=O) groups is 4. The Hall–Kier alpha value is -3.56. The van der Waals surface area contributed by atoms with Crippen LogP contribution in [0.5, 0.6) is 5.75 Å². The maximum Gasteiger partial charge on any atom is 0.226 e. The Balaban J connectivity index is 1.49. The molecule has 0 bridgehead atoms. The molecule has 4 rings (SSSR count). The molecule has 2 aliphatic heterocycles. The first-order valence-corrected chi connectivity index (χ1v) is 13.7. The molecule has 40 heavy (non-hydrogen) atoms. The van der Waals surface area contributed by atoms with E-state index >= 15 is 0 Å². The van der Waals surface area contributed by atoms with Gasteiger partial charge < -0.3 is 25.0 Å². The van der Waals surface area contributed by atoms with E-state index in [4.69, 9.17) is 9.47 Å². The molecular formula is C31H39N3O6. The molecule has 2 heterocycles. The SMILES string of the molecule is COc1ccc(CC(CC(=O)C(C)NC(=O)C2CN(C)C2)C(=O)NC(Cc2ccccc2)C(=O)C2(C)CO2)cc1. The first kappa shape index (κ1) is 29.4. The van der Waals surface area contributed by atoms with E-state index in [-0.39, 0.29) is 42.1 Å². The Labute approximate surface area is 235 Å². The van der Waals surface area contributed by atoms with E-state index in [9.17, 15) is 19.2 Å². The topological polar surface area (TPSA) is 117 Å². The third-order valence-corrected chi connectivity index (χ3v) is 7.75. The molecule has 0 saturated carbocycles. The summed E-state index contributed by atoms with van der Waals surface area (Å²) in [5.41, 5.74) is 0.847. The number of epoxide rings is 1. The van der Waals surface area contributed by atoms with E-state index in [0.717, 1.165) is 11.1 Å². The normalized spacial score (nSPS) is 20.9. The molecule has 214 valence electrons. The van der Waals surface area contributed by atoms with Gasteiger partial charge in [-0.15, -0.1) is 0 Å². The molecule has 9 heteroatoms. The van der Waals surface area contributed by atoms with Crippen LogP contribution in [0.2, 0.25) is 0 Å². The minimum atomic E-state index is -0.914. The van der Waals surface area contributed by atoms with Crippen molar-refractivity contribution in [3.8, 4) is 5.75 Å². The lowest BCUT2D eigenvalue weighted by Crippen LogP contribution is -2.54. The van der Waals surface area contributed by atoms with Gasteiger partial charge in [0, 0.05) is 25.4 Å². The van der Waals surface area contributed by atoms with Gasteiger partial charge in [0.2, 0.25) is 11.8 Å². The van der Waals surface area contributed by atoms with Gasteiger partial charge in [0.1, 0.15) is 11.4 Å². The first-order chi connectivity index (χ1) is 19.1. The number of amides is 2. The number of nitrogens with one attached hydrogen (secondary N) is 2. The van der Waals surface area contributed by atoms with Crippen molar-refractivity contribution in [2.24, 2.45) is 11.8 Å². The third kappa shape index (κ3) is 7.55. The molecule has 4 unspecified atom stereocenters. The van der Waals surface area contributed by atoms with Crippen LogP contribution >= 0.6 is 0 Å². The van der Waals surface area contributed by atoms with Crippen molar-refractivity contribution in [3.63, 3.8) is 0 Å². The maximum atomic E-state index is 13.7. The van der Waals surface area contributed by atoms with Crippen molar-refractivity contribution in [3.05, 3.63) is 65.7 Å². The molecule has 2 aromatic rings. The number of hydrogen-bond acceptors (Lipinski definition) is 7. The van der Waals surface area contributed by atoms with Crippen molar-refractivity contribution < 1.29 is 28.7 Å². The van der Waals surface area contributed by atoms with Crippen LogP contribution in [0, 0.1) is 11.8 Å². The fourth-order valence-corrected chi connectivity index (χ4v) is 4.97. The van der Waals surface area contributed by atoms with E-state index in [1.54, 1.807) is 33.1 Å². The van der Waals surface area contributed by atoms with Crippen LogP contribution in [0.4, 0.5) is 0 Å². The minimum absolute atomic E-state index is 0.0795. The quantitative estimate of drug-likeness (QED) is 0.346. The van der Waals surface area contributed by atoms with Crippen LogP contribution in [-0.4, -0.2) is 79.8 Å². The van der Waals surface area contributed by atoms with Crippen LogP contribution in [0.25, 0.3) is 0 Å². The van der Waals surface area contributed by atoms with Gasteiger partial charge in [0.15, 0.2) is 11.6 Å². The van der Waals surface area contributed by atoms with Gasteiger partial charge in [-0.1, -0.05) is 42.5 Å². The van der Waals surface area contributed by atoms with E-state index < -0.39 is 23.6 Å². The summed E-state index contributed by atoms with van der Waals surface area (Å²) in [4.78, 5) is 54.8. The summed E-state index contributed by atoms with van der Waals surface area (Å²) in [6, 6.07) is 15.3. The highest BCUT2D eigenvalue weighted by Gasteiger charge is 2.50. The van der Waals surface area contributed by atoms with Gasteiger partial charge in [-0.25, -0.2) is 0 Å². The van der Waals surface area contributed by atoms with Gasteiger partial charge in [-0.3, -0.25) is 19.2 Å². The number of hydrogen-bond donors (Lipinski definition) is 2. The molecule has 4 atom stereocenters. The van der Waals surface area contributed by atoms with Crippen LogP contribution in [0.15, 0.2) is 54.6 Å². The summed E-state index contributed by atoms with van der Waals surface area (Å²) in [6.45, 7) is 5.01. The second-order valence-corrected chi connectivity index (χ2v) is 11.2. The van der Waals surface area contributed by atoms with Crippen molar-refractivity contribution in [2.45, 2.75) is 50.8 Å². The van der Waals surface area contributed by atoms with Crippen molar-refractivity contribution in [1.82, 2.24) is 15.5 Å². The zero-order chi connectivity index (χ0) is 28.9. The van der Waals surface area contributed by atoms with Crippen molar-refractivity contribution in [2.75, 3.05) is 33.9 Å². The molecule has 2 amide bonds. The van der Waals surface area contributed by atoms with E-state index in [1.165, 1.54) is 0 Å². The highest BCUT2D eigenvalue weighted by molar-refractivity contribution is 5.98. The summed E-state index contributed by atoms with van der Waals surface area (Å²) in [5.74, 6) is -1.15. The van der Waals surface area contributed by atoms with Crippen LogP contribution in [0.3, 0.4) is 0 Å². The second kappa shape index (κ2) is 12.7. The van der Waals surface area contributed by atoms with E-state index in [2.05, 4.69) is 10.6 Å². The summed E-state index contributed by atoms with van der Waals surface area (Å²) in [7, 11) is 3.52. The predicted molar refractivity (Wildman–Crippen MR) is 150 cm³/mol. The minimum Gasteiger partial charge on any atom is -0.497 e. The molecule has 0 aliphatic carbocycles. The van der Waals surface area contributed by atoms with Crippen LogP contribution < -0.4 is 15.4 Å². The summed E-state index contributed by atoms with van der Waals surface area (Å²) < 4.78 is 10.6. The first-order valence-electron chi connectivity index (χ1n) is 13.7. The highest BCUT2D eigenvalue weighted by atomic mass is 16.6. The number of ether oxygens (including phenoxy) is 2. The Morgan fingerprint density at radius 3 is 2.20 bits per heavy atom. The summed E-state index contributed by atoms with van der Waals surface area (Å²) in [5, 5.41) is 5.75. The number of benzene rings is 2. The number of Topliss-reactive ketones (excluding diaryl/α,β-unsaturated/α-hetero) is 2. The highest BCUT2D eigenvalue weighted by Crippen LogP contribution is 2.29. The average molecular weight is 550 g/mol. The number of nitrogens with zero attached hydrogens (tertiary/aromatic N) is 1. The number of rotatable bonds is 14. The second-order valence-electron chi connectivity index (χ2n) is 11.2. The molecule has 2 aromatic carbocycles. The number of likely N-dealkylation sites (tertiary alicyclic amines) is 1. The molecule has 2 N–H and O–H groups in total. The molecule has 0 radical (unpaired) electrons. The summed E-state index contributed by atoms with van der Waals surface area (Å²) in [6.07, 6.45) is 0.523. The largest absolute Gasteiger partial charge is 0.497 e. The van der Waals surface area contributed by atoms with Crippen LogP contribution in [0.1, 0.15) is 31.4 Å². The molecule has 0 aromatic heterocycles. The lowest BCUT2D eigenvalue weighted by Gasteiger charge is -2.35. The molecule has 2 aliphatic rings. The smallest absolute Gasteiger partial charge is 0.226 e. The maximum absolute atomic E-state index is 13.7. The van der Waals surface area contributed by atoms with E-state index in [0.29, 0.717) is 31.9 Å². The third-order valence-electron chi connectivity index (χ3n) is 7.75. The lowest BCUT2D eigenvalue weighted by atomic mass is 9.89. The van der Waals surface area contributed by atoms with E-state index in [1.807, 2.05) is 54.4 Å². The fourth-order valence-electron chi connectivity index (χ4n) is 4.97. The molecule has 2 saturated heterocycles. The predicted octanol–water partition coefficient (Wildman–Crippen LogP) is 1.96. The lowest BCUT2D eigenvalue weighted by molar-refractivity contribution is -0.135. The van der Waals surface area contributed by atoms with Gasteiger partial charge >= 0.3 is 0 Å². The summed E-state index contributed by atoms with van der Waals surface area (Å²) >= 11 is 0. The zero-order valence-electron chi connectivity index (χ0n) is 23.6. The van der Waals surface area contributed by atoms with Crippen molar-refractivity contribution >= 4 is 23.4 Å². The zero-order valence-corrected chi connectivity index (χ0v) is 23.6. The molecular weight excluding hydrogens is 510 g/mol. The van der Waals surface area contributed by atoms with Gasteiger partial charge in [-0.05, 0) is 57.0 Å². The fraction of sp³-hybridized carbons (Fsp3) is 0.484. The number of methoxy groups -OCH3 is 1. The molecule has 2 fully saturated rings.